The molecule has 0 spiro atoms. The Balaban J connectivity index is 2.01. The molecule has 0 aromatic carbocycles. The van der Waals surface area contributed by atoms with Gasteiger partial charge in [0.25, 0.3) is 0 Å². The van der Waals surface area contributed by atoms with Gasteiger partial charge in [0.1, 0.15) is 0 Å². The van der Waals surface area contributed by atoms with Crippen LogP contribution in [0.1, 0.15) is 45.4 Å². The summed E-state index contributed by atoms with van der Waals surface area (Å²) in [6, 6.07) is 0. The van der Waals surface area contributed by atoms with Crippen molar-refractivity contribution >= 4 is 11.9 Å². The molecule has 1 saturated carbocycles. The molecule has 1 N–H and O–H groups in total. The van der Waals surface area contributed by atoms with Gasteiger partial charge in [-0.2, -0.15) is 0 Å². The van der Waals surface area contributed by atoms with E-state index in [4.69, 9.17) is 0 Å². The van der Waals surface area contributed by atoms with Gasteiger partial charge in [-0.15, -0.1) is 0 Å². The molecular weight excluding hydrogens is 218 g/mol. The van der Waals surface area contributed by atoms with Crippen molar-refractivity contribution in [1.82, 2.24) is 4.90 Å². The first kappa shape index (κ1) is 12.4. The van der Waals surface area contributed by atoms with Gasteiger partial charge in [0.2, 0.25) is 5.91 Å². The van der Waals surface area contributed by atoms with Crippen molar-refractivity contribution in [2.75, 3.05) is 13.1 Å². The lowest BCUT2D eigenvalue weighted by Crippen LogP contribution is -2.49. The predicted octanol–water partition coefficient (Wildman–Crippen LogP) is 1.89. The van der Waals surface area contributed by atoms with Crippen molar-refractivity contribution < 1.29 is 14.7 Å². The highest BCUT2D eigenvalue weighted by Crippen LogP contribution is 2.33. The average molecular weight is 239 g/mol. The van der Waals surface area contributed by atoms with Crippen molar-refractivity contribution in [3.8, 4) is 0 Å². The third-order valence-corrected chi connectivity index (χ3v) is 4.23. The smallest absolute Gasteiger partial charge is 0.311 e. The van der Waals surface area contributed by atoms with Gasteiger partial charge in [-0.3, -0.25) is 9.59 Å². The number of aliphatic carboxylic acids is 1. The highest BCUT2D eigenvalue weighted by molar-refractivity contribution is 5.81. The topological polar surface area (TPSA) is 57.6 Å². The SMILES string of the molecule is CC1(C(=O)O)CCCN(C(=O)C2CCCC2)C1. The van der Waals surface area contributed by atoms with E-state index in [1.165, 1.54) is 0 Å². The van der Waals surface area contributed by atoms with Crippen LogP contribution in [0.2, 0.25) is 0 Å². The average Bonchev–Trinajstić information content (AvgIpc) is 2.81. The van der Waals surface area contributed by atoms with E-state index in [0.717, 1.165) is 38.6 Å². The van der Waals surface area contributed by atoms with Crippen LogP contribution in [0, 0.1) is 11.3 Å². The summed E-state index contributed by atoms with van der Waals surface area (Å²) in [6.07, 6.45) is 5.73. The third-order valence-electron chi connectivity index (χ3n) is 4.23. The third kappa shape index (κ3) is 2.45. The van der Waals surface area contributed by atoms with Gasteiger partial charge in [-0.1, -0.05) is 12.8 Å². The minimum atomic E-state index is -0.776. The second-order valence-corrected chi connectivity index (χ2v) is 5.71. The number of hydrogen-bond acceptors (Lipinski definition) is 2. The molecule has 2 rings (SSSR count). The summed E-state index contributed by atoms with van der Waals surface area (Å²) in [7, 11) is 0. The van der Waals surface area contributed by atoms with E-state index in [0.29, 0.717) is 13.0 Å². The lowest BCUT2D eigenvalue weighted by Gasteiger charge is -2.38. The second kappa shape index (κ2) is 4.67. The van der Waals surface area contributed by atoms with Gasteiger partial charge < -0.3 is 10.0 Å². The highest BCUT2D eigenvalue weighted by Gasteiger charge is 2.40. The number of piperidine rings is 1. The number of carboxylic acids is 1. The summed E-state index contributed by atoms with van der Waals surface area (Å²) in [4.78, 5) is 25.3. The Hall–Kier alpha value is -1.06. The standard InChI is InChI=1S/C13H21NO3/c1-13(12(16)17)7-4-8-14(9-13)11(15)10-5-2-3-6-10/h10H,2-9H2,1H3,(H,16,17). The van der Waals surface area contributed by atoms with Gasteiger partial charge in [0.15, 0.2) is 0 Å². The Bertz CT molecular complexity index is 323. The molecule has 1 heterocycles. The molecule has 1 saturated heterocycles. The number of carbonyl (C=O) groups excluding carboxylic acids is 1. The molecule has 1 aliphatic heterocycles. The summed E-state index contributed by atoms with van der Waals surface area (Å²) in [6.45, 7) is 2.87. The number of carbonyl (C=O) groups is 2. The summed E-state index contributed by atoms with van der Waals surface area (Å²) in [5, 5.41) is 9.22. The molecule has 2 aliphatic rings. The van der Waals surface area contributed by atoms with E-state index < -0.39 is 11.4 Å². The number of carboxylic acid groups (broad SMARTS) is 1. The summed E-state index contributed by atoms with van der Waals surface area (Å²) in [5.74, 6) is -0.428. The number of likely N-dealkylation sites (tertiary alicyclic amines) is 1. The van der Waals surface area contributed by atoms with Crippen molar-refractivity contribution in [3.05, 3.63) is 0 Å². The first-order valence-electron chi connectivity index (χ1n) is 6.55. The van der Waals surface area contributed by atoms with Crippen LogP contribution in [0.3, 0.4) is 0 Å². The molecular formula is C13H21NO3. The predicted molar refractivity (Wildman–Crippen MR) is 63.5 cm³/mol. The highest BCUT2D eigenvalue weighted by atomic mass is 16.4. The first-order chi connectivity index (χ1) is 8.03. The normalized spacial score (nSPS) is 30.5. The maximum absolute atomic E-state index is 12.2. The molecule has 17 heavy (non-hydrogen) atoms. The van der Waals surface area contributed by atoms with E-state index in [9.17, 15) is 14.7 Å². The van der Waals surface area contributed by atoms with Gasteiger partial charge in [-0.25, -0.2) is 0 Å². The molecule has 1 atom stereocenters. The Kier molecular flexibility index (Phi) is 3.40. The van der Waals surface area contributed by atoms with Crippen molar-refractivity contribution in [2.24, 2.45) is 11.3 Å². The Morgan fingerprint density at radius 1 is 1.24 bits per heavy atom. The lowest BCUT2D eigenvalue weighted by molar-refractivity contribution is -0.154. The molecule has 0 aromatic heterocycles. The summed E-state index contributed by atoms with van der Waals surface area (Å²) < 4.78 is 0. The van der Waals surface area contributed by atoms with Crippen LogP contribution in [-0.4, -0.2) is 35.0 Å². The maximum atomic E-state index is 12.2. The van der Waals surface area contributed by atoms with Crippen molar-refractivity contribution in [3.63, 3.8) is 0 Å². The van der Waals surface area contributed by atoms with Gasteiger partial charge in [0, 0.05) is 19.0 Å². The molecule has 4 heteroatoms. The fourth-order valence-electron chi connectivity index (χ4n) is 3.03. The van der Waals surface area contributed by atoms with E-state index in [1.807, 2.05) is 0 Å². The lowest BCUT2D eigenvalue weighted by atomic mass is 9.81. The van der Waals surface area contributed by atoms with Gasteiger partial charge in [-0.05, 0) is 32.6 Å². The Morgan fingerprint density at radius 2 is 1.88 bits per heavy atom. The molecule has 96 valence electrons. The molecule has 4 nitrogen and oxygen atoms in total. The molecule has 1 aliphatic carbocycles. The Labute approximate surface area is 102 Å². The molecule has 1 amide bonds. The Morgan fingerprint density at radius 3 is 2.47 bits per heavy atom. The summed E-state index contributed by atoms with van der Waals surface area (Å²) in [5.41, 5.74) is -0.744. The van der Waals surface area contributed by atoms with Crippen LogP contribution in [0.15, 0.2) is 0 Å². The molecule has 2 fully saturated rings. The zero-order chi connectivity index (χ0) is 12.5. The van der Waals surface area contributed by atoms with E-state index >= 15 is 0 Å². The first-order valence-corrected chi connectivity index (χ1v) is 6.55. The van der Waals surface area contributed by atoms with E-state index in [1.54, 1.807) is 11.8 Å². The van der Waals surface area contributed by atoms with E-state index in [2.05, 4.69) is 0 Å². The zero-order valence-electron chi connectivity index (χ0n) is 10.4. The monoisotopic (exact) mass is 239 g/mol. The molecule has 1 unspecified atom stereocenters. The summed E-state index contributed by atoms with van der Waals surface area (Å²) >= 11 is 0. The van der Waals surface area contributed by atoms with Crippen LogP contribution < -0.4 is 0 Å². The van der Waals surface area contributed by atoms with Crippen molar-refractivity contribution in [2.45, 2.75) is 45.4 Å². The molecule has 0 bridgehead atoms. The van der Waals surface area contributed by atoms with E-state index in [-0.39, 0.29) is 11.8 Å². The van der Waals surface area contributed by atoms with Gasteiger partial charge in [0.05, 0.1) is 5.41 Å². The van der Waals surface area contributed by atoms with Crippen LogP contribution in [-0.2, 0) is 9.59 Å². The van der Waals surface area contributed by atoms with Crippen LogP contribution >= 0.6 is 0 Å². The fraction of sp³-hybridized carbons (Fsp3) is 0.846. The largest absolute Gasteiger partial charge is 0.481 e. The number of amides is 1. The number of hydrogen-bond donors (Lipinski definition) is 1. The molecule has 0 radical (unpaired) electrons. The van der Waals surface area contributed by atoms with Crippen LogP contribution in [0.25, 0.3) is 0 Å². The van der Waals surface area contributed by atoms with Gasteiger partial charge >= 0.3 is 5.97 Å². The van der Waals surface area contributed by atoms with Crippen LogP contribution in [0.4, 0.5) is 0 Å². The number of rotatable bonds is 2. The minimum absolute atomic E-state index is 0.158. The maximum Gasteiger partial charge on any atom is 0.311 e. The quantitative estimate of drug-likeness (QED) is 0.800. The zero-order valence-corrected chi connectivity index (χ0v) is 10.4. The minimum Gasteiger partial charge on any atom is -0.481 e. The molecule has 0 aromatic rings. The van der Waals surface area contributed by atoms with Crippen molar-refractivity contribution in [1.29, 1.82) is 0 Å². The van der Waals surface area contributed by atoms with Crippen LogP contribution in [0.5, 0.6) is 0 Å². The number of nitrogens with zero attached hydrogens (tertiary/aromatic N) is 1. The second-order valence-electron chi connectivity index (χ2n) is 5.71. The fourth-order valence-corrected chi connectivity index (χ4v) is 3.03.